The lowest BCUT2D eigenvalue weighted by atomic mass is 9.98. The van der Waals surface area contributed by atoms with Crippen LogP contribution in [0.15, 0.2) is 54.9 Å². The number of aromatic nitrogens is 2. The Morgan fingerprint density at radius 1 is 0.946 bits per heavy atom. The lowest BCUT2D eigenvalue weighted by molar-refractivity contribution is -0.121. The van der Waals surface area contributed by atoms with Crippen molar-refractivity contribution >= 4 is 23.5 Å². The molecule has 0 aliphatic carbocycles. The van der Waals surface area contributed by atoms with Crippen molar-refractivity contribution in [1.82, 2.24) is 25.5 Å². The number of hydrogen-bond acceptors (Lipinski definition) is 7. The van der Waals surface area contributed by atoms with Gasteiger partial charge in [0.05, 0.1) is 12.4 Å². The number of amides is 3. The maximum atomic E-state index is 13.1. The maximum Gasteiger partial charge on any atom is 0.274 e. The second kappa shape index (κ2) is 12.0. The molecule has 3 amide bonds. The van der Waals surface area contributed by atoms with Crippen LogP contribution in [0.4, 0.5) is 5.82 Å². The van der Waals surface area contributed by atoms with E-state index in [4.69, 9.17) is 5.73 Å². The maximum absolute atomic E-state index is 13.1. The Bertz CT molecular complexity index is 1300. The van der Waals surface area contributed by atoms with E-state index in [2.05, 4.69) is 20.6 Å². The number of nitrogens with one attached hydrogen (secondary N) is 2. The van der Waals surface area contributed by atoms with Gasteiger partial charge < -0.3 is 26.4 Å². The molecule has 1 aliphatic heterocycles. The van der Waals surface area contributed by atoms with Crippen LogP contribution in [-0.2, 0) is 11.2 Å². The molecule has 10 nitrogen and oxygen atoms in total. The number of anilines is 1. The first-order chi connectivity index (χ1) is 17.9. The fourth-order valence-electron chi connectivity index (χ4n) is 4.20. The van der Waals surface area contributed by atoms with Gasteiger partial charge in [-0.15, -0.1) is 0 Å². The van der Waals surface area contributed by atoms with Crippen LogP contribution in [0.1, 0.15) is 45.7 Å². The van der Waals surface area contributed by atoms with Crippen LogP contribution in [0, 0.1) is 0 Å². The van der Waals surface area contributed by atoms with Gasteiger partial charge in [0, 0.05) is 43.7 Å². The number of fused-ring (bicyclic) bond motifs is 5. The van der Waals surface area contributed by atoms with E-state index >= 15 is 0 Å². The summed E-state index contributed by atoms with van der Waals surface area (Å²) >= 11 is 0. The lowest BCUT2D eigenvalue weighted by Gasteiger charge is -2.22. The summed E-state index contributed by atoms with van der Waals surface area (Å²) in [5.41, 5.74) is 8.57. The van der Waals surface area contributed by atoms with Crippen molar-refractivity contribution in [3.05, 3.63) is 71.7 Å². The van der Waals surface area contributed by atoms with Crippen molar-refractivity contribution in [2.45, 2.75) is 25.7 Å². The number of nitrogens with zero attached hydrogens (tertiary/aromatic N) is 3. The number of phenolic OH excluding ortho intramolecular Hbond substituents is 1. The molecule has 0 saturated heterocycles. The van der Waals surface area contributed by atoms with Gasteiger partial charge in [0.15, 0.2) is 0 Å². The number of phenols is 1. The molecular formula is C27H30N6O4. The Hall–Kier alpha value is -4.47. The molecule has 0 fully saturated rings. The van der Waals surface area contributed by atoms with Crippen molar-refractivity contribution < 1.29 is 19.5 Å². The molecular weight excluding hydrogens is 472 g/mol. The first kappa shape index (κ1) is 25.6. The first-order valence-corrected chi connectivity index (χ1v) is 12.2. The van der Waals surface area contributed by atoms with Crippen molar-refractivity contribution in [2.75, 3.05) is 31.9 Å². The molecule has 2 heterocycles. The fraction of sp³-hybridized carbons (Fsp3) is 0.296. The summed E-state index contributed by atoms with van der Waals surface area (Å²) in [4.78, 5) is 47.9. The molecule has 0 unspecified atom stereocenters. The molecule has 2 aromatic carbocycles. The average Bonchev–Trinajstić information content (AvgIpc) is 2.90. The Balaban J connectivity index is 1.53. The van der Waals surface area contributed by atoms with Crippen LogP contribution in [0.2, 0.25) is 0 Å². The average molecular weight is 503 g/mol. The largest absolute Gasteiger partial charge is 0.507 e. The van der Waals surface area contributed by atoms with Crippen LogP contribution in [0.25, 0.3) is 11.1 Å². The van der Waals surface area contributed by atoms with E-state index in [9.17, 15) is 19.5 Å². The standard InChI is InChI=1S/C27H30N6O4/c28-24-17-29-16-22(32-24)27(37)33-12-2-6-25(35)30-11-9-18-7-8-23(34)21(14-18)19-4-1-5-20(15-19)26(36)31-10-3-13-33/h1,4-5,7-8,14-17,34H,2-3,6,9-13H2,(H2,28,32)(H,30,35)(H,31,36). The van der Waals surface area contributed by atoms with Crippen molar-refractivity contribution in [3.63, 3.8) is 0 Å². The third kappa shape index (κ3) is 6.81. The first-order valence-electron chi connectivity index (χ1n) is 12.2. The van der Waals surface area contributed by atoms with Crippen molar-refractivity contribution in [3.8, 4) is 16.9 Å². The molecule has 10 heteroatoms. The summed E-state index contributed by atoms with van der Waals surface area (Å²) < 4.78 is 0. The molecule has 4 bridgehead atoms. The van der Waals surface area contributed by atoms with Crippen molar-refractivity contribution in [2.24, 2.45) is 0 Å². The Morgan fingerprint density at radius 3 is 2.59 bits per heavy atom. The van der Waals surface area contributed by atoms with Gasteiger partial charge in [0.1, 0.15) is 17.3 Å². The van der Waals surface area contributed by atoms with Gasteiger partial charge in [-0.25, -0.2) is 4.98 Å². The molecule has 0 saturated carbocycles. The zero-order valence-electron chi connectivity index (χ0n) is 20.4. The molecule has 1 aromatic heterocycles. The normalized spacial score (nSPS) is 15.5. The SMILES string of the molecule is Nc1cncc(C(=O)N2CCCNC(=O)c3cccc(c3)-c3cc(ccc3O)CCNC(=O)CCC2)n1. The highest BCUT2D eigenvalue weighted by molar-refractivity contribution is 5.95. The molecule has 5 N–H and O–H groups in total. The summed E-state index contributed by atoms with van der Waals surface area (Å²) in [7, 11) is 0. The van der Waals surface area contributed by atoms with E-state index in [0.29, 0.717) is 62.1 Å². The molecule has 0 atom stereocenters. The number of nitrogen functional groups attached to an aromatic ring is 1. The number of aromatic hydroxyl groups is 1. The Kier molecular flexibility index (Phi) is 8.29. The Morgan fingerprint density at radius 2 is 1.76 bits per heavy atom. The number of nitrogens with two attached hydrogens (primary N) is 1. The fourth-order valence-corrected chi connectivity index (χ4v) is 4.20. The zero-order valence-corrected chi connectivity index (χ0v) is 20.4. The number of carbonyl (C=O) groups is 3. The number of hydrogen-bond donors (Lipinski definition) is 4. The van der Waals surface area contributed by atoms with Crippen LogP contribution in [0.3, 0.4) is 0 Å². The summed E-state index contributed by atoms with van der Waals surface area (Å²) in [6.07, 6.45) is 4.54. The highest BCUT2D eigenvalue weighted by Gasteiger charge is 2.18. The molecule has 37 heavy (non-hydrogen) atoms. The van der Waals surface area contributed by atoms with Crippen molar-refractivity contribution in [1.29, 1.82) is 0 Å². The minimum Gasteiger partial charge on any atom is -0.507 e. The van der Waals surface area contributed by atoms with Gasteiger partial charge in [-0.2, -0.15) is 0 Å². The summed E-state index contributed by atoms with van der Waals surface area (Å²) in [6, 6.07) is 12.4. The molecule has 192 valence electrons. The molecule has 3 aromatic rings. The molecule has 0 spiro atoms. The van der Waals surface area contributed by atoms with E-state index in [1.165, 1.54) is 12.4 Å². The second-order valence-electron chi connectivity index (χ2n) is 8.87. The summed E-state index contributed by atoms with van der Waals surface area (Å²) in [5.74, 6) is -0.413. The topological polar surface area (TPSA) is 151 Å². The van der Waals surface area contributed by atoms with Crippen LogP contribution >= 0.6 is 0 Å². The van der Waals surface area contributed by atoms with Gasteiger partial charge in [-0.3, -0.25) is 19.4 Å². The highest BCUT2D eigenvalue weighted by Crippen LogP contribution is 2.30. The monoisotopic (exact) mass is 502 g/mol. The molecule has 1 aliphatic rings. The van der Waals surface area contributed by atoms with Crippen LogP contribution in [-0.4, -0.2) is 63.9 Å². The van der Waals surface area contributed by atoms with E-state index in [0.717, 1.165) is 5.56 Å². The van der Waals surface area contributed by atoms with Gasteiger partial charge in [-0.05, 0) is 54.7 Å². The molecule has 0 radical (unpaired) electrons. The van der Waals surface area contributed by atoms with Crippen LogP contribution < -0.4 is 16.4 Å². The molecule has 4 rings (SSSR count). The minimum absolute atomic E-state index is 0.104. The smallest absolute Gasteiger partial charge is 0.274 e. The van der Waals surface area contributed by atoms with E-state index in [-0.39, 0.29) is 41.4 Å². The second-order valence-corrected chi connectivity index (χ2v) is 8.87. The predicted molar refractivity (Wildman–Crippen MR) is 139 cm³/mol. The summed E-state index contributed by atoms with van der Waals surface area (Å²) in [5, 5.41) is 16.2. The third-order valence-corrected chi connectivity index (χ3v) is 6.11. The van der Waals surface area contributed by atoms with E-state index in [1.807, 2.05) is 18.2 Å². The third-order valence-electron chi connectivity index (χ3n) is 6.11. The zero-order chi connectivity index (χ0) is 26.2. The Labute approximate surface area is 214 Å². The quantitative estimate of drug-likeness (QED) is 0.398. The van der Waals surface area contributed by atoms with Gasteiger partial charge in [0.2, 0.25) is 5.91 Å². The lowest BCUT2D eigenvalue weighted by Crippen LogP contribution is -2.36. The predicted octanol–water partition coefficient (Wildman–Crippen LogP) is 2.15. The summed E-state index contributed by atoms with van der Waals surface area (Å²) in [6.45, 7) is 1.49. The minimum atomic E-state index is -0.329. The van der Waals surface area contributed by atoms with E-state index in [1.54, 1.807) is 29.2 Å². The van der Waals surface area contributed by atoms with Gasteiger partial charge in [0.25, 0.3) is 11.8 Å². The number of benzene rings is 2. The van der Waals surface area contributed by atoms with Gasteiger partial charge in [-0.1, -0.05) is 18.2 Å². The van der Waals surface area contributed by atoms with E-state index < -0.39 is 0 Å². The van der Waals surface area contributed by atoms with Gasteiger partial charge >= 0.3 is 0 Å². The number of carbonyl (C=O) groups excluding carboxylic acids is 3. The van der Waals surface area contributed by atoms with Crippen LogP contribution in [0.5, 0.6) is 5.75 Å². The highest BCUT2D eigenvalue weighted by atomic mass is 16.3. The number of rotatable bonds is 1.